The van der Waals surface area contributed by atoms with Crippen molar-refractivity contribution in [1.29, 1.82) is 0 Å². The fourth-order valence-electron chi connectivity index (χ4n) is 6.06. The van der Waals surface area contributed by atoms with E-state index in [1.54, 1.807) is 5.56 Å². The van der Waals surface area contributed by atoms with Gasteiger partial charge >= 0.3 is 0 Å². The average Bonchev–Trinajstić information content (AvgIpc) is 2.64. The van der Waals surface area contributed by atoms with Gasteiger partial charge in [0.15, 0.2) is 0 Å². The van der Waals surface area contributed by atoms with Crippen molar-refractivity contribution in [3.05, 3.63) is 29.8 Å². The van der Waals surface area contributed by atoms with Gasteiger partial charge in [-0.15, -0.1) is 0 Å². The van der Waals surface area contributed by atoms with Crippen molar-refractivity contribution in [1.82, 2.24) is 4.90 Å². The number of piperidine rings is 1. The summed E-state index contributed by atoms with van der Waals surface area (Å²) >= 11 is 0. The molecule has 0 aromatic heterocycles. The number of fused-ring (bicyclic) bond motifs is 1. The van der Waals surface area contributed by atoms with Crippen molar-refractivity contribution in [3.63, 3.8) is 0 Å². The molecule has 3 aliphatic rings. The topological polar surface area (TPSA) is 6.48 Å². The van der Waals surface area contributed by atoms with E-state index in [0.717, 1.165) is 5.92 Å². The molecular weight excluding hydrogens is 316 g/mol. The summed E-state index contributed by atoms with van der Waals surface area (Å²) in [5.41, 5.74) is 3.43. The number of likely N-dealkylation sites (tertiary alicyclic amines) is 1. The zero-order chi connectivity index (χ0) is 18.0. The van der Waals surface area contributed by atoms with E-state index in [4.69, 9.17) is 0 Å². The lowest BCUT2D eigenvalue weighted by Gasteiger charge is -2.53. The Bertz CT molecular complexity index is 580. The lowest BCUT2D eigenvalue weighted by Crippen LogP contribution is -2.57. The molecule has 0 amide bonds. The highest BCUT2D eigenvalue weighted by Crippen LogP contribution is 2.47. The van der Waals surface area contributed by atoms with Gasteiger partial charge in [-0.3, -0.25) is 0 Å². The van der Waals surface area contributed by atoms with Gasteiger partial charge in [0.25, 0.3) is 0 Å². The van der Waals surface area contributed by atoms with Crippen LogP contribution in [0.4, 0.5) is 5.69 Å². The van der Waals surface area contributed by atoms with Crippen molar-refractivity contribution >= 4 is 5.69 Å². The summed E-state index contributed by atoms with van der Waals surface area (Å²) in [4.78, 5) is 5.45. The summed E-state index contributed by atoms with van der Waals surface area (Å²) < 4.78 is 0. The summed E-state index contributed by atoms with van der Waals surface area (Å²) in [5.74, 6) is 1.66. The van der Waals surface area contributed by atoms with E-state index in [0.29, 0.717) is 11.5 Å². The Kier molecular flexibility index (Phi) is 5.59. The summed E-state index contributed by atoms with van der Waals surface area (Å²) in [6, 6.07) is 9.10. The minimum atomic E-state index is 0.394. The molecule has 1 aromatic rings. The molecule has 2 fully saturated rings. The van der Waals surface area contributed by atoms with Crippen molar-refractivity contribution < 1.29 is 0 Å². The van der Waals surface area contributed by atoms with Gasteiger partial charge in [-0.2, -0.15) is 0 Å². The van der Waals surface area contributed by atoms with Crippen LogP contribution < -0.4 is 4.90 Å². The molecule has 1 aliphatic carbocycles. The Morgan fingerprint density at radius 3 is 2.35 bits per heavy atom. The highest BCUT2D eigenvalue weighted by Gasteiger charge is 2.43. The predicted octanol–water partition coefficient (Wildman–Crippen LogP) is 5.83. The molecule has 0 radical (unpaired) electrons. The molecule has 0 N–H and O–H groups in total. The molecule has 1 atom stereocenters. The van der Waals surface area contributed by atoms with Crippen LogP contribution in [0.15, 0.2) is 24.3 Å². The van der Waals surface area contributed by atoms with Crippen molar-refractivity contribution in [2.75, 3.05) is 31.6 Å². The molecule has 1 aromatic carbocycles. The Labute approximate surface area is 161 Å². The SMILES string of the molecule is CC1CC2(CCN(CC3CCCCCCC3)CC2)N(C)c2ccccc21. The fraction of sp³-hybridized carbons (Fsp3) is 0.750. The highest BCUT2D eigenvalue weighted by atomic mass is 15.2. The zero-order valence-corrected chi connectivity index (χ0v) is 17.1. The monoisotopic (exact) mass is 354 g/mol. The maximum Gasteiger partial charge on any atom is 0.0429 e. The molecule has 1 spiro atoms. The second-order valence-electron chi connectivity index (χ2n) is 9.46. The van der Waals surface area contributed by atoms with Crippen molar-refractivity contribution in [2.24, 2.45) is 5.92 Å². The summed E-state index contributed by atoms with van der Waals surface area (Å²) in [5, 5.41) is 0. The molecule has 2 nitrogen and oxygen atoms in total. The number of hydrogen-bond donors (Lipinski definition) is 0. The van der Waals surface area contributed by atoms with E-state index < -0.39 is 0 Å². The van der Waals surface area contributed by atoms with Gasteiger partial charge in [0.05, 0.1) is 0 Å². The number of anilines is 1. The first-order valence-corrected chi connectivity index (χ1v) is 11.2. The van der Waals surface area contributed by atoms with E-state index in [2.05, 4.69) is 48.0 Å². The van der Waals surface area contributed by atoms with Crippen LogP contribution in [0.1, 0.15) is 82.6 Å². The van der Waals surface area contributed by atoms with Crippen LogP contribution in [0.25, 0.3) is 0 Å². The van der Waals surface area contributed by atoms with Crippen LogP contribution in [0.5, 0.6) is 0 Å². The number of rotatable bonds is 2. The number of hydrogen-bond acceptors (Lipinski definition) is 2. The molecule has 1 unspecified atom stereocenters. The Morgan fingerprint density at radius 1 is 0.962 bits per heavy atom. The first kappa shape index (κ1) is 18.3. The van der Waals surface area contributed by atoms with Gasteiger partial charge in [-0.05, 0) is 55.6 Å². The minimum Gasteiger partial charge on any atom is -0.369 e. The molecular formula is C24H38N2. The maximum atomic E-state index is 2.80. The minimum absolute atomic E-state index is 0.394. The maximum absolute atomic E-state index is 2.80. The van der Waals surface area contributed by atoms with Gasteiger partial charge in [-0.1, -0.05) is 57.2 Å². The van der Waals surface area contributed by atoms with Gasteiger partial charge in [0.2, 0.25) is 0 Å². The number of benzene rings is 1. The molecule has 2 heteroatoms. The van der Waals surface area contributed by atoms with E-state index in [1.165, 1.54) is 89.5 Å². The van der Waals surface area contributed by atoms with Crippen molar-refractivity contribution in [3.8, 4) is 0 Å². The largest absolute Gasteiger partial charge is 0.369 e. The molecule has 2 aliphatic heterocycles. The highest BCUT2D eigenvalue weighted by molar-refractivity contribution is 5.59. The molecule has 2 heterocycles. The normalized spacial score (nSPS) is 27.8. The Morgan fingerprint density at radius 2 is 1.62 bits per heavy atom. The third-order valence-corrected chi connectivity index (χ3v) is 7.75. The van der Waals surface area contributed by atoms with Crippen LogP contribution >= 0.6 is 0 Å². The molecule has 0 bridgehead atoms. The van der Waals surface area contributed by atoms with E-state index in [-0.39, 0.29) is 0 Å². The molecule has 4 rings (SSSR count). The number of para-hydroxylation sites is 1. The molecule has 26 heavy (non-hydrogen) atoms. The van der Waals surface area contributed by atoms with Gasteiger partial charge in [0.1, 0.15) is 0 Å². The second-order valence-corrected chi connectivity index (χ2v) is 9.46. The van der Waals surface area contributed by atoms with E-state index in [9.17, 15) is 0 Å². The number of nitrogens with zero attached hydrogens (tertiary/aromatic N) is 2. The zero-order valence-electron chi connectivity index (χ0n) is 17.1. The molecule has 1 saturated heterocycles. The second kappa shape index (κ2) is 7.92. The van der Waals surface area contributed by atoms with Gasteiger partial charge < -0.3 is 9.80 Å². The Balaban J connectivity index is 1.38. The smallest absolute Gasteiger partial charge is 0.0429 e. The van der Waals surface area contributed by atoms with Crippen molar-refractivity contribution in [2.45, 2.75) is 82.6 Å². The standard InChI is InChI=1S/C24H38N2/c1-20-18-24(25(2)23-13-9-8-12-22(20)23)14-16-26(17-15-24)19-21-10-6-4-3-5-7-11-21/h8-9,12-13,20-21H,3-7,10-11,14-19H2,1-2H3. The molecule has 144 valence electrons. The fourth-order valence-corrected chi connectivity index (χ4v) is 6.06. The predicted molar refractivity (Wildman–Crippen MR) is 112 cm³/mol. The first-order chi connectivity index (χ1) is 12.7. The van der Waals surface area contributed by atoms with E-state index in [1.807, 2.05) is 0 Å². The lowest BCUT2D eigenvalue weighted by molar-refractivity contribution is 0.120. The summed E-state index contributed by atoms with van der Waals surface area (Å²) in [7, 11) is 2.36. The van der Waals surface area contributed by atoms with Gasteiger partial charge in [-0.25, -0.2) is 0 Å². The molecule has 1 saturated carbocycles. The summed E-state index contributed by atoms with van der Waals surface area (Å²) in [6.07, 6.45) is 14.3. The summed E-state index contributed by atoms with van der Waals surface area (Å²) in [6.45, 7) is 6.41. The van der Waals surface area contributed by atoms with Crippen LogP contribution in [-0.4, -0.2) is 37.1 Å². The third kappa shape index (κ3) is 3.67. The third-order valence-electron chi connectivity index (χ3n) is 7.75. The van der Waals surface area contributed by atoms with Crippen LogP contribution in [0, 0.1) is 5.92 Å². The quantitative estimate of drug-likeness (QED) is 0.660. The first-order valence-electron chi connectivity index (χ1n) is 11.2. The van der Waals surface area contributed by atoms with Crippen LogP contribution in [0.3, 0.4) is 0 Å². The van der Waals surface area contributed by atoms with E-state index >= 15 is 0 Å². The van der Waals surface area contributed by atoms with Crippen LogP contribution in [0.2, 0.25) is 0 Å². The Hall–Kier alpha value is -1.02. The van der Waals surface area contributed by atoms with Gasteiger partial charge in [0, 0.05) is 37.9 Å². The van der Waals surface area contributed by atoms with Crippen LogP contribution in [-0.2, 0) is 0 Å². The lowest BCUT2D eigenvalue weighted by atomic mass is 9.73. The average molecular weight is 355 g/mol.